The fourth-order valence-corrected chi connectivity index (χ4v) is 1.50. The molecular weight excluding hydrogens is 267 g/mol. The molecule has 0 radical (unpaired) electrons. The average molecular weight is 272 g/mol. The SMILES string of the molecule is Nc1cc(O)c(S(=O)(=O)[O-])cc1[N+](=O)[O-].[K+]. The smallest absolute Gasteiger partial charge is 0.744 e. The topological polar surface area (TPSA) is 147 Å². The molecule has 0 unspecified atom stereocenters. The van der Waals surface area contributed by atoms with Crippen LogP contribution in [0.4, 0.5) is 11.4 Å². The Morgan fingerprint density at radius 3 is 2.25 bits per heavy atom. The van der Waals surface area contributed by atoms with Gasteiger partial charge in [-0.15, -0.1) is 0 Å². The van der Waals surface area contributed by atoms with Crippen molar-refractivity contribution < 1.29 is 74.4 Å². The number of rotatable bonds is 2. The maximum Gasteiger partial charge on any atom is 1.00 e. The third-order valence-corrected chi connectivity index (χ3v) is 2.44. The van der Waals surface area contributed by atoms with Gasteiger partial charge in [-0.05, 0) is 0 Å². The number of aromatic hydroxyl groups is 1. The summed E-state index contributed by atoms with van der Waals surface area (Å²) in [5.74, 6) is -0.909. The van der Waals surface area contributed by atoms with Crippen LogP contribution in [0.3, 0.4) is 0 Å². The molecule has 0 aliphatic rings. The first kappa shape index (κ1) is 15.8. The van der Waals surface area contributed by atoms with Crippen LogP contribution in [-0.4, -0.2) is 23.0 Å². The van der Waals surface area contributed by atoms with Crippen LogP contribution >= 0.6 is 0 Å². The Hall–Kier alpha value is -0.234. The normalized spacial score (nSPS) is 10.6. The van der Waals surface area contributed by atoms with E-state index in [-0.39, 0.29) is 51.4 Å². The Morgan fingerprint density at radius 1 is 1.38 bits per heavy atom. The largest absolute Gasteiger partial charge is 1.00 e. The van der Waals surface area contributed by atoms with E-state index in [2.05, 4.69) is 0 Å². The van der Waals surface area contributed by atoms with Crippen LogP contribution in [0.25, 0.3) is 0 Å². The van der Waals surface area contributed by atoms with E-state index >= 15 is 0 Å². The van der Waals surface area contributed by atoms with E-state index in [9.17, 15) is 23.1 Å². The van der Waals surface area contributed by atoms with Crippen LogP contribution in [0.15, 0.2) is 17.0 Å². The van der Waals surface area contributed by atoms with Crippen LogP contribution < -0.4 is 57.1 Å². The van der Waals surface area contributed by atoms with Gasteiger partial charge in [-0.2, -0.15) is 0 Å². The molecule has 3 N–H and O–H groups in total. The Bertz CT molecular complexity index is 528. The van der Waals surface area contributed by atoms with Crippen molar-refractivity contribution in [3.8, 4) is 5.75 Å². The molecule has 16 heavy (non-hydrogen) atoms. The zero-order chi connectivity index (χ0) is 11.8. The number of benzene rings is 1. The Morgan fingerprint density at radius 2 is 1.88 bits per heavy atom. The number of nitrogens with two attached hydrogens (primary N) is 1. The number of phenolic OH excluding ortho intramolecular Hbond substituents is 1. The molecule has 0 saturated heterocycles. The van der Waals surface area contributed by atoms with Crippen molar-refractivity contribution in [1.29, 1.82) is 0 Å². The standard InChI is InChI=1S/C6H6N2O6S.K/c7-3-1-5(9)6(15(12,13)14)2-4(3)8(10)11;/h1-2,9H,7H2,(H,12,13,14);/q;+1/p-1. The fourth-order valence-electron chi connectivity index (χ4n) is 0.932. The molecule has 0 fully saturated rings. The molecule has 0 heterocycles. The second-order valence-electron chi connectivity index (χ2n) is 2.59. The molecule has 0 bridgehead atoms. The Kier molecular flexibility index (Phi) is 5.32. The van der Waals surface area contributed by atoms with Crippen molar-refractivity contribution in [2.75, 3.05) is 5.73 Å². The zero-order valence-corrected chi connectivity index (χ0v) is 12.0. The van der Waals surface area contributed by atoms with E-state index in [4.69, 9.17) is 10.8 Å². The monoisotopic (exact) mass is 272 g/mol. The average Bonchev–Trinajstić information content (AvgIpc) is 2.00. The first-order valence-corrected chi connectivity index (χ1v) is 4.87. The quantitative estimate of drug-likeness (QED) is 0.189. The summed E-state index contributed by atoms with van der Waals surface area (Å²) in [6, 6.07) is 1.07. The van der Waals surface area contributed by atoms with Crippen molar-refractivity contribution in [2.45, 2.75) is 4.90 Å². The van der Waals surface area contributed by atoms with Gasteiger partial charge in [0.2, 0.25) is 0 Å². The third-order valence-electron chi connectivity index (χ3n) is 1.57. The minimum Gasteiger partial charge on any atom is -0.744 e. The van der Waals surface area contributed by atoms with Gasteiger partial charge in [-0.3, -0.25) is 10.1 Å². The van der Waals surface area contributed by atoms with Crippen molar-refractivity contribution in [3.63, 3.8) is 0 Å². The van der Waals surface area contributed by atoms with E-state index in [1.807, 2.05) is 0 Å². The van der Waals surface area contributed by atoms with E-state index in [1.54, 1.807) is 0 Å². The number of hydrogen-bond acceptors (Lipinski definition) is 7. The maximum absolute atomic E-state index is 10.6. The molecule has 1 aromatic rings. The molecule has 1 rings (SSSR count). The van der Waals surface area contributed by atoms with Gasteiger partial charge in [0.05, 0.1) is 4.92 Å². The zero-order valence-electron chi connectivity index (χ0n) is 8.08. The van der Waals surface area contributed by atoms with Gasteiger partial charge in [-0.25, -0.2) is 8.42 Å². The first-order valence-electron chi connectivity index (χ1n) is 3.46. The second-order valence-corrected chi connectivity index (χ2v) is 3.94. The summed E-state index contributed by atoms with van der Waals surface area (Å²) in [6.45, 7) is 0. The minimum atomic E-state index is -4.97. The molecule has 0 aliphatic carbocycles. The minimum absolute atomic E-state index is 0. The summed E-state index contributed by atoms with van der Waals surface area (Å²) < 4.78 is 31.7. The second kappa shape index (κ2) is 5.40. The predicted molar refractivity (Wildman–Crippen MR) is 47.1 cm³/mol. The Labute approximate surface area is 133 Å². The molecule has 0 amide bonds. The van der Waals surface area contributed by atoms with Crippen LogP contribution in [0.1, 0.15) is 0 Å². The number of anilines is 1. The summed E-state index contributed by atoms with van der Waals surface area (Å²) in [5, 5.41) is 19.4. The Balaban J connectivity index is 0.00000225. The number of phenols is 1. The molecule has 82 valence electrons. The fraction of sp³-hybridized carbons (Fsp3) is 0. The van der Waals surface area contributed by atoms with Crippen molar-refractivity contribution in [1.82, 2.24) is 0 Å². The summed E-state index contributed by atoms with van der Waals surface area (Å²) in [4.78, 5) is 8.34. The number of nitrogen functional groups attached to an aromatic ring is 1. The van der Waals surface area contributed by atoms with E-state index in [0.29, 0.717) is 12.1 Å². The van der Waals surface area contributed by atoms with Crippen LogP contribution in [-0.2, 0) is 10.1 Å². The maximum atomic E-state index is 10.6. The molecule has 0 spiro atoms. The van der Waals surface area contributed by atoms with Gasteiger partial charge in [0.1, 0.15) is 26.5 Å². The number of hydrogen-bond donors (Lipinski definition) is 2. The predicted octanol–water partition coefficient (Wildman–Crippen LogP) is -3.21. The van der Waals surface area contributed by atoms with Crippen molar-refractivity contribution in [2.24, 2.45) is 0 Å². The molecule has 0 aliphatic heterocycles. The van der Waals surface area contributed by atoms with Gasteiger partial charge >= 0.3 is 51.4 Å². The van der Waals surface area contributed by atoms with Gasteiger partial charge in [0, 0.05) is 12.1 Å². The number of nitro benzene ring substituents is 1. The molecule has 8 nitrogen and oxygen atoms in total. The van der Waals surface area contributed by atoms with Gasteiger partial charge in [-0.1, -0.05) is 0 Å². The van der Waals surface area contributed by atoms with Crippen molar-refractivity contribution in [3.05, 3.63) is 22.2 Å². The third kappa shape index (κ3) is 3.38. The first-order chi connectivity index (χ1) is 6.73. The summed E-state index contributed by atoms with van der Waals surface area (Å²) >= 11 is 0. The summed E-state index contributed by atoms with van der Waals surface area (Å²) in [5.41, 5.74) is 3.96. The van der Waals surface area contributed by atoms with Crippen LogP contribution in [0.2, 0.25) is 0 Å². The molecule has 0 atom stereocenters. The van der Waals surface area contributed by atoms with E-state index in [1.165, 1.54) is 0 Å². The van der Waals surface area contributed by atoms with Gasteiger partial charge in [0.25, 0.3) is 5.69 Å². The van der Waals surface area contributed by atoms with Gasteiger partial charge in [0.15, 0.2) is 0 Å². The number of nitrogens with zero attached hydrogens (tertiary/aromatic N) is 1. The van der Waals surface area contributed by atoms with Crippen LogP contribution in [0, 0.1) is 10.1 Å². The summed E-state index contributed by atoms with van der Waals surface area (Å²) in [7, 11) is -4.97. The molecule has 0 saturated carbocycles. The van der Waals surface area contributed by atoms with E-state index in [0.717, 1.165) is 0 Å². The number of nitro groups is 1. The van der Waals surface area contributed by atoms with Crippen LogP contribution in [0.5, 0.6) is 5.75 Å². The molecular formula is C6H5KN2O6S. The molecule has 0 aromatic heterocycles. The molecule has 10 heteroatoms. The van der Waals surface area contributed by atoms with Gasteiger partial charge < -0.3 is 15.4 Å². The molecule has 1 aromatic carbocycles. The summed E-state index contributed by atoms with van der Waals surface area (Å²) in [6.07, 6.45) is 0. The van der Waals surface area contributed by atoms with E-state index < -0.39 is 37.1 Å². The van der Waals surface area contributed by atoms with Crippen molar-refractivity contribution >= 4 is 21.5 Å².